The van der Waals surface area contributed by atoms with E-state index >= 15 is 0 Å². The summed E-state index contributed by atoms with van der Waals surface area (Å²) in [4.78, 5) is 24.9. The summed E-state index contributed by atoms with van der Waals surface area (Å²) < 4.78 is 0. The third-order valence-electron chi connectivity index (χ3n) is 3.64. The monoisotopic (exact) mass is 298 g/mol. The smallest absolute Gasteiger partial charge is 0.208 e. The van der Waals surface area contributed by atoms with Crippen molar-refractivity contribution in [3.63, 3.8) is 0 Å². The topological polar surface area (TPSA) is 74.6 Å². The maximum Gasteiger partial charge on any atom is 0.208 e. The molecular weight excluding hydrogens is 280 g/mol. The molecule has 0 saturated heterocycles. The van der Waals surface area contributed by atoms with Gasteiger partial charge in [-0.25, -0.2) is 0 Å². The van der Waals surface area contributed by atoms with E-state index < -0.39 is 36.6 Å². The highest BCUT2D eigenvalue weighted by atomic mass is 16.3. The maximum absolute atomic E-state index is 12.4. The molecule has 2 atom stereocenters. The minimum atomic E-state index is -0.897. The van der Waals surface area contributed by atoms with Crippen LogP contribution in [0.25, 0.3) is 0 Å². The SMILES string of the molecule is O=C(C(=O)C(CO)c1ccccc1)C(CO)c1ccccc1. The minimum absolute atomic E-state index is 0.443. The predicted octanol–water partition coefficient (Wildman–Crippen LogP) is 1.68. The first-order valence-corrected chi connectivity index (χ1v) is 7.08. The molecular formula is C18H18O4. The van der Waals surface area contributed by atoms with E-state index in [-0.39, 0.29) is 0 Å². The molecule has 0 bridgehead atoms. The second-order valence-electron chi connectivity index (χ2n) is 5.02. The Morgan fingerprint density at radius 1 is 0.682 bits per heavy atom. The summed E-state index contributed by atoms with van der Waals surface area (Å²) in [7, 11) is 0. The van der Waals surface area contributed by atoms with Gasteiger partial charge in [-0.2, -0.15) is 0 Å². The van der Waals surface area contributed by atoms with Crippen molar-refractivity contribution in [3.8, 4) is 0 Å². The molecule has 114 valence electrons. The third kappa shape index (κ3) is 3.47. The van der Waals surface area contributed by atoms with Gasteiger partial charge in [0, 0.05) is 0 Å². The van der Waals surface area contributed by atoms with Crippen molar-refractivity contribution in [1.29, 1.82) is 0 Å². The van der Waals surface area contributed by atoms with Crippen molar-refractivity contribution in [3.05, 3.63) is 71.8 Å². The van der Waals surface area contributed by atoms with Crippen LogP contribution in [0.4, 0.5) is 0 Å². The van der Waals surface area contributed by atoms with Crippen molar-refractivity contribution >= 4 is 11.6 Å². The van der Waals surface area contributed by atoms with Crippen LogP contribution in [0.5, 0.6) is 0 Å². The lowest BCUT2D eigenvalue weighted by Crippen LogP contribution is -2.31. The molecule has 0 aromatic heterocycles. The molecule has 2 unspecified atom stereocenters. The van der Waals surface area contributed by atoms with Crippen molar-refractivity contribution in [2.24, 2.45) is 0 Å². The summed E-state index contributed by atoms with van der Waals surface area (Å²) >= 11 is 0. The van der Waals surface area contributed by atoms with E-state index in [0.29, 0.717) is 11.1 Å². The van der Waals surface area contributed by atoms with Crippen LogP contribution in [0.2, 0.25) is 0 Å². The van der Waals surface area contributed by atoms with E-state index in [4.69, 9.17) is 0 Å². The predicted molar refractivity (Wildman–Crippen MR) is 82.6 cm³/mol. The number of carbonyl (C=O) groups is 2. The van der Waals surface area contributed by atoms with Crippen molar-refractivity contribution < 1.29 is 19.8 Å². The molecule has 2 N–H and O–H groups in total. The van der Waals surface area contributed by atoms with Crippen LogP contribution in [-0.4, -0.2) is 35.0 Å². The largest absolute Gasteiger partial charge is 0.395 e. The second-order valence-corrected chi connectivity index (χ2v) is 5.02. The van der Waals surface area contributed by atoms with Gasteiger partial charge in [-0.1, -0.05) is 60.7 Å². The molecule has 22 heavy (non-hydrogen) atoms. The van der Waals surface area contributed by atoms with Crippen LogP contribution in [-0.2, 0) is 9.59 Å². The molecule has 0 heterocycles. The Morgan fingerprint density at radius 2 is 1.00 bits per heavy atom. The fourth-order valence-corrected chi connectivity index (χ4v) is 2.39. The van der Waals surface area contributed by atoms with Gasteiger partial charge in [-0.3, -0.25) is 9.59 Å². The first kappa shape index (κ1) is 16.1. The van der Waals surface area contributed by atoms with Gasteiger partial charge in [0.15, 0.2) is 0 Å². The van der Waals surface area contributed by atoms with Gasteiger partial charge in [0.25, 0.3) is 0 Å². The lowest BCUT2D eigenvalue weighted by Gasteiger charge is -2.17. The Balaban J connectivity index is 2.25. The lowest BCUT2D eigenvalue weighted by atomic mass is 9.86. The minimum Gasteiger partial charge on any atom is -0.395 e. The van der Waals surface area contributed by atoms with Crippen LogP contribution in [0.3, 0.4) is 0 Å². The highest BCUT2D eigenvalue weighted by molar-refractivity contribution is 6.41. The Bertz CT molecular complexity index is 565. The van der Waals surface area contributed by atoms with E-state index in [2.05, 4.69) is 0 Å². The molecule has 0 fully saturated rings. The maximum atomic E-state index is 12.4. The average Bonchev–Trinajstić information content (AvgIpc) is 2.58. The molecule has 0 spiro atoms. The first-order chi connectivity index (χ1) is 10.7. The molecule has 0 amide bonds. The van der Waals surface area contributed by atoms with E-state index in [1.54, 1.807) is 60.7 Å². The lowest BCUT2D eigenvalue weighted by molar-refractivity contribution is -0.139. The molecule has 0 aliphatic carbocycles. The molecule has 2 rings (SSSR count). The number of aliphatic hydroxyl groups excluding tert-OH is 2. The average molecular weight is 298 g/mol. The molecule has 0 radical (unpaired) electrons. The quantitative estimate of drug-likeness (QED) is 0.763. The number of ketones is 2. The number of hydrogen-bond acceptors (Lipinski definition) is 4. The van der Waals surface area contributed by atoms with Crippen LogP contribution >= 0.6 is 0 Å². The number of aliphatic hydroxyl groups is 2. The zero-order valence-electron chi connectivity index (χ0n) is 12.1. The number of carbonyl (C=O) groups excluding carboxylic acids is 2. The molecule has 2 aromatic carbocycles. The first-order valence-electron chi connectivity index (χ1n) is 7.08. The van der Waals surface area contributed by atoms with Crippen LogP contribution in [0.15, 0.2) is 60.7 Å². The van der Waals surface area contributed by atoms with E-state index in [0.717, 1.165) is 0 Å². The second kappa shape index (κ2) is 7.64. The summed E-state index contributed by atoms with van der Waals surface area (Å²) in [6.45, 7) is -0.886. The van der Waals surface area contributed by atoms with Crippen molar-refractivity contribution in [2.75, 3.05) is 13.2 Å². The van der Waals surface area contributed by atoms with Gasteiger partial charge in [0.2, 0.25) is 11.6 Å². The van der Waals surface area contributed by atoms with E-state index in [1.165, 1.54) is 0 Å². The standard InChI is InChI=1S/C18H18O4/c19-11-15(13-7-3-1-4-8-13)17(21)18(22)16(12-20)14-9-5-2-6-10-14/h1-10,15-16,19-20H,11-12H2. The normalized spacial score (nSPS) is 13.4. The summed E-state index contributed by atoms with van der Waals surface area (Å²) in [6.07, 6.45) is 0. The van der Waals surface area contributed by atoms with Gasteiger partial charge < -0.3 is 10.2 Å². The van der Waals surface area contributed by atoms with Gasteiger partial charge in [0.1, 0.15) is 0 Å². The highest BCUT2D eigenvalue weighted by Crippen LogP contribution is 2.22. The zero-order valence-corrected chi connectivity index (χ0v) is 12.1. The summed E-state index contributed by atoms with van der Waals surface area (Å²) in [5.41, 5.74) is 1.18. The Hall–Kier alpha value is -2.30. The molecule has 4 nitrogen and oxygen atoms in total. The van der Waals surface area contributed by atoms with Crippen LogP contribution in [0.1, 0.15) is 23.0 Å². The zero-order chi connectivity index (χ0) is 15.9. The molecule has 0 aliphatic rings. The molecule has 4 heteroatoms. The Morgan fingerprint density at radius 3 is 1.27 bits per heavy atom. The molecule has 2 aromatic rings. The van der Waals surface area contributed by atoms with E-state index in [9.17, 15) is 19.8 Å². The van der Waals surface area contributed by atoms with Crippen LogP contribution < -0.4 is 0 Å². The Labute approximate surface area is 129 Å². The van der Waals surface area contributed by atoms with Gasteiger partial charge in [0.05, 0.1) is 25.0 Å². The molecule has 0 aliphatic heterocycles. The Kier molecular flexibility index (Phi) is 5.58. The van der Waals surface area contributed by atoms with E-state index in [1.807, 2.05) is 0 Å². The summed E-state index contributed by atoms with van der Waals surface area (Å²) in [5.74, 6) is -3.16. The summed E-state index contributed by atoms with van der Waals surface area (Å²) in [5, 5.41) is 19.0. The molecule has 0 saturated carbocycles. The number of benzene rings is 2. The highest BCUT2D eigenvalue weighted by Gasteiger charge is 2.32. The summed E-state index contributed by atoms with van der Waals surface area (Å²) in [6, 6.07) is 17.4. The van der Waals surface area contributed by atoms with Gasteiger partial charge in [-0.05, 0) is 11.1 Å². The fraction of sp³-hybridized carbons (Fsp3) is 0.222. The van der Waals surface area contributed by atoms with Crippen LogP contribution in [0, 0.1) is 0 Å². The number of Topliss-reactive ketones (excluding diaryl/α,β-unsaturated/α-hetero) is 2. The number of hydrogen-bond donors (Lipinski definition) is 2. The van der Waals surface area contributed by atoms with Crippen molar-refractivity contribution in [2.45, 2.75) is 11.8 Å². The number of rotatable bonds is 7. The van der Waals surface area contributed by atoms with Gasteiger partial charge in [-0.15, -0.1) is 0 Å². The fourth-order valence-electron chi connectivity index (χ4n) is 2.39. The van der Waals surface area contributed by atoms with Crippen molar-refractivity contribution in [1.82, 2.24) is 0 Å². The van der Waals surface area contributed by atoms with Gasteiger partial charge >= 0.3 is 0 Å². The third-order valence-corrected chi connectivity index (χ3v) is 3.64.